The number of anilines is 1. The van der Waals surface area contributed by atoms with Gasteiger partial charge in [-0.2, -0.15) is 0 Å². The molecule has 2 aromatic rings. The summed E-state index contributed by atoms with van der Waals surface area (Å²) in [5.74, 6) is -0.132. The van der Waals surface area contributed by atoms with Crippen LogP contribution in [0.2, 0.25) is 5.02 Å². The largest absolute Gasteiger partial charge is 0.379 e. The van der Waals surface area contributed by atoms with E-state index in [9.17, 15) is 14.9 Å². The molecule has 2 rings (SSSR count). The highest BCUT2D eigenvalue weighted by atomic mass is 35.5. The maximum absolute atomic E-state index is 11.9. The Labute approximate surface area is 145 Å². The lowest BCUT2D eigenvalue weighted by Crippen LogP contribution is -2.25. The minimum Gasteiger partial charge on any atom is -0.379 e. The molecule has 0 atom stereocenters. The maximum Gasteiger partial charge on any atom is 0.293 e. The van der Waals surface area contributed by atoms with Crippen molar-refractivity contribution in [2.24, 2.45) is 0 Å². The van der Waals surface area contributed by atoms with Crippen LogP contribution < -0.4 is 10.6 Å². The number of nitrogens with zero attached hydrogens (tertiary/aromatic N) is 1. The lowest BCUT2D eigenvalue weighted by Gasteiger charge is -2.08. The van der Waals surface area contributed by atoms with E-state index in [-0.39, 0.29) is 11.6 Å². The Morgan fingerprint density at radius 2 is 1.88 bits per heavy atom. The highest BCUT2D eigenvalue weighted by molar-refractivity contribution is 6.30. The van der Waals surface area contributed by atoms with Crippen molar-refractivity contribution in [2.75, 3.05) is 18.4 Å². The van der Waals surface area contributed by atoms with Crippen LogP contribution in [0, 0.1) is 17.0 Å². The molecule has 0 radical (unpaired) electrons. The third-order valence-electron chi connectivity index (χ3n) is 3.42. The molecular formula is C17H18ClN3O3. The molecular weight excluding hydrogens is 330 g/mol. The first-order valence-electron chi connectivity index (χ1n) is 7.50. The first-order chi connectivity index (χ1) is 11.5. The number of nitrogens with one attached hydrogen (secondary N) is 2. The van der Waals surface area contributed by atoms with Gasteiger partial charge >= 0.3 is 0 Å². The molecule has 0 aromatic heterocycles. The number of carbonyl (C=O) groups is 1. The van der Waals surface area contributed by atoms with E-state index in [2.05, 4.69) is 10.6 Å². The number of nitro benzene ring substituents is 1. The van der Waals surface area contributed by atoms with Gasteiger partial charge in [0.25, 0.3) is 11.6 Å². The van der Waals surface area contributed by atoms with E-state index in [1.807, 2.05) is 19.1 Å². The van der Waals surface area contributed by atoms with E-state index in [0.29, 0.717) is 35.8 Å². The molecule has 0 saturated carbocycles. The van der Waals surface area contributed by atoms with E-state index < -0.39 is 4.92 Å². The molecule has 7 heteroatoms. The van der Waals surface area contributed by atoms with Crippen LogP contribution >= 0.6 is 11.6 Å². The molecule has 0 spiro atoms. The number of aryl methyl sites for hydroxylation is 1. The van der Waals surface area contributed by atoms with Crippen molar-refractivity contribution in [3.8, 4) is 0 Å². The summed E-state index contributed by atoms with van der Waals surface area (Å²) in [5, 5.41) is 17.1. The van der Waals surface area contributed by atoms with Crippen LogP contribution in [0.5, 0.6) is 0 Å². The van der Waals surface area contributed by atoms with Gasteiger partial charge in [-0.05, 0) is 37.6 Å². The lowest BCUT2D eigenvalue weighted by molar-refractivity contribution is -0.383. The van der Waals surface area contributed by atoms with Gasteiger partial charge in [-0.25, -0.2) is 0 Å². The van der Waals surface area contributed by atoms with Gasteiger partial charge < -0.3 is 10.6 Å². The fourth-order valence-electron chi connectivity index (χ4n) is 2.13. The van der Waals surface area contributed by atoms with Gasteiger partial charge in [0.05, 0.1) is 4.92 Å². The van der Waals surface area contributed by atoms with Crippen LogP contribution in [-0.2, 0) is 0 Å². The van der Waals surface area contributed by atoms with Crippen molar-refractivity contribution in [1.82, 2.24) is 5.32 Å². The summed E-state index contributed by atoms with van der Waals surface area (Å²) in [6.45, 7) is 2.93. The first-order valence-corrected chi connectivity index (χ1v) is 7.88. The molecule has 0 bridgehead atoms. The van der Waals surface area contributed by atoms with Crippen LogP contribution in [0.4, 0.5) is 11.4 Å². The highest BCUT2D eigenvalue weighted by Crippen LogP contribution is 2.27. The predicted octanol–water partition coefficient (Wildman–Crippen LogP) is 3.79. The second-order valence-electron chi connectivity index (χ2n) is 5.32. The van der Waals surface area contributed by atoms with Crippen molar-refractivity contribution in [1.29, 1.82) is 0 Å². The Balaban J connectivity index is 1.78. The molecule has 126 valence electrons. The van der Waals surface area contributed by atoms with Crippen molar-refractivity contribution in [3.05, 3.63) is 68.7 Å². The van der Waals surface area contributed by atoms with Crippen molar-refractivity contribution in [2.45, 2.75) is 13.3 Å². The van der Waals surface area contributed by atoms with Crippen LogP contribution in [0.15, 0.2) is 42.5 Å². The normalized spacial score (nSPS) is 10.2. The molecule has 0 aliphatic carbocycles. The van der Waals surface area contributed by atoms with E-state index in [0.717, 1.165) is 5.56 Å². The molecule has 0 fully saturated rings. The van der Waals surface area contributed by atoms with Gasteiger partial charge in [0.1, 0.15) is 5.69 Å². The summed E-state index contributed by atoms with van der Waals surface area (Å²) >= 11 is 5.77. The maximum atomic E-state index is 11.9. The van der Waals surface area contributed by atoms with Crippen molar-refractivity contribution < 1.29 is 9.72 Å². The Hall–Kier alpha value is -2.60. The van der Waals surface area contributed by atoms with E-state index in [4.69, 9.17) is 11.6 Å². The third kappa shape index (κ3) is 4.96. The zero-order valence-corrected chi connectivity index (χ0v) is 14.0. The zero-order chi connectivity index (χ0) is 17.5. The molecule has 0 unspecified atom stereocenters. The van der Waals surface area contributed by atoms with Gasteiger partial charge in [0.2, 0.25) is 0 Å². The third-order valence-corrected chi connectivity index (χ3v) is 3.66. The number of benzene rings is 2. The average molecular weight is 348 g/mol. The Kier molecular flexibility index (Phi) is 6.14. The van der Waals surface area contributed by atoms with Gasteiger partial charge in [-0.1, -0.05) is 29.3 Å². The van der Waals surface area contributed by atoms with E-state index in [1.165, 1.54) is 6.07 Å². The minimum atomic E-state index is -0.479. The number of halogens is 1. The van der Waals surface area contributed by atoms with E-state index in [1.54, 1.807) is 24.3 Å². The molecule has 0 aliphatic heterocycles. The summed E-state index contributed by atoms with van der Waals surface area (Å²) in [6, 6.07) is 11.8. The SMILES string of the molecule is Cc1ccc(C(=O)NCCCNc2ccc(Cl)cc2[N+](=O)[O-])cc1. The fraction of sp³-hybridized carbons (Fsp3) is 0.235. The molecule has 6 nitrogen and oxygen atoms in total. The number of hydrogen-bond donors (Lipinski definition) is 2. The Bertz CT molecular complexity index is 732. The quantitative estimate of drug-likeness (QED) is 0.453. The summed E-state index contributed by atoms with van der Waals surface area (Å²) in [4.78, 5) is 22.4. The molecule has 2 N–H and O–H groups in total. The molecule has 2 aromatic carbocycles. The smallest absolute Gasteiger partial charge is 0.293 e. The molecule has 24 heavy (non-hydrogen) atoms. The van der Waals surface area contributed by atoms with Crippen LogP contribution in [-0.4, -0.2) is 23.9 Å². The van der Waals surface area contributed by atoms with Crippen molar-refractivity contribution >= 4 is 28.9 Å². The second kappa shape index (κ2) is 8.31. The summed E-state index contributed by atoms with van der Waals surface area (Å²) in [6.07, 6.45) is 0.636. The molecule has 0 aliphatic rings. The van der Waals surface area contributed by atoms with Crippen LogP contribution in [0.3, 0.4) is 0 Å². The minimum absolute atomic E-state index is 0.0637. The van der Waals surface area contributed by atoms with Gasteiger partial charge in [0.15, 0.2) is 0 Å². The monoisotopic (exact) mass is 347 g/mol. The summed E-state index contributed by atoms with van der Waals surface area (Å²) in [5.41, 5.74) is 2.06. The lowest BCUT2D eigenvalue weighted by atomic mass is 10.1. The zero-order valence-electron chi connectivity index (χ0n) is 13.2. The topological polar surface area (TPSA) is 84.3 Å². The fourth-order valence-corrected chi connectivity index (χ4v) is 2.29. The van der Waals surface area contributed by atoms with Crippen molar-refractivity contribution in [3.63, 3.8) is 0 Å². The Morgan fingerprint density at radius 1 is 1.17 bits per heavy atom. The second-order valence-corrected chi connectivity index (χ2v) is 5.76. The summed E-state index contributed by atoms with van der Waals surface area (Å²) in [7, 11) is 0. The predicted molar refractivity (Wildman–Crippen MR) is 94.7 cm³/mol. The standard InChI is InChI=1S/C17H18ClN3O3/c1-12-3-5-13(6-4-12)17(22)20-10-2-9-19-15-8-7-14(18)11-16(15)21(23)24/h3-8,11,19H,2,9-10H2,1H3,(H,20,22). The van der Waals surface area contributed by atoms with Gasteiger partial charge in [-0.15, -0.1) is 0 Å². The average Bonchev–Trinajstić information content (AvgIpc) is 2.56. The first kappa shape index (κ1) is 17.7. The number of amides is 1. The van der Waals surface area contributed by atoms with Crippen LogP contribution in [0.25, 0.3) is 0 Å². The molecule has 0 saturated heterocycles. The molecule has 1 amide bonds. The Morgan fingerprint density at radius 3 is 2.54 bits per heavy atom. The van der Waals surface area contributed by atoms with E-state index >= 15 is 0 Å². The number of hydrogen-bond acceptors (Lipinski definition) is 4. The number of nitro groups is 1. The molecule has 0 heterocycles. The summed E-state index contributed by atoms with van der Waals surface area (Å²) < 4.78 is 0. The van der Waals surface area contributed by atoms with Crippen LogP contribution in [0.1, 0.15) is 22.3 Å². The number of rotatable bonds is 7. The van der Waals surface area contributed by atoms with Gasteiger partial charge in [0, 0.05) is 29.7 Å². The highest BCUT2D eigenvalue weighted by Gasteiger charge is 2.13. The van der Waals surface area contributed by atoms with Gasteiger partial charge in [-0.3, -0.25) is 14.9 Å². The number of carbonyl (C=O) groups excluding carboxylic acids is 1.